The van der Waals surface area contributed by atoms with Crippen LogP contribution in [0.5, 0.6) is 0 Å². The first-order valence-corrected chi connectivity index (χ1v) is 7.10. The first kappa shape index (κ1) is 18.8. The molecule has 0 aliphatic heterocycles. The van der Waals surface area contributed by atoms with Crippen molar-refractivity contribution in [3.8, 4) is 0 Å². The average molecular weight is 311 g/mol. The summed E-state index contributed by atoms with van der Waals surface area (Å²) < 4.78 is 0. The molecule has 1 N–H and O–H groups in total. The molecule has 0 bridgehead atoms. The molecule has 0 aliphatic carbocycles. The molecule has 0 amide bonds. The number of hydrogen-bond donors (Lipinski definition) is 1. The number of nitrogens with one attached hydrogen (secondary N) is 1. The summed E-state index contributed by atoms with van der Waals surface area (Å²) in [4.78, 5) is 9.78. The summed E-state index contributed by atoms with van der Waals surface area (Å²) in [5.74, 6) is 0. The molecule has 126 valence electrons. The van der Waals surface area contributed by atoms with E-state index in [9.17, 15) is 10.4 Å². The minimum absolute atomic E-state index is 0.0354. The van der Waals surface area contributed by atoms with Crippen LogP contribution in [0.3, 0.4) is 0 Å². The fraction of sp³-hybridized carbons (Fsp3) is 0.600. The molecule has 1 aromatic carbocycles. The zero-order valence-electron chi connectivity index (χ0n) is 14.0. The van der Waals surface area contributed by atoms with Crippen LogP contribution in [0.25, 0.3) is 0 Å². The van der Waals surface area contributed by atoms with E-state index in [1.165, 1.54) is 0 Å². The van der Waals surface area contributed by atoms with E-state index in [4.69, 9.17) is 9.78 Å². The van der Waals surface area contributed by atoms with E-state index in [1.807, 2.05) is 41.5 Å². The zero-order chi connectivity index (χ0) is 17.0. The number of nitrogens with zero attached hydrogens (tertiary/aromatic N) is 2. The van der Waals surface area contributed by atoms with Gasteiger partial charge in [0.25, 0.3) is 0 Å². The Balaban J connectivity index is 2.59. The first-order valence-electron chi connectivity index (χ1n) is 7.10. The number of rotatable bonds is 6. The van der Waals surface area contributed by atoms with Gasteiger partial charge in [0.15, 0.2) is 0 Å². The highest BCUT2D eigenvalue weighted by Gasteiger charge is 2.13. The fourth-order valence-electron chi connectivity index (χ4n) is 1.53. The standard InChI is InChI=1S/C15H25N3O4/c1-14(2,3)18(20)13-9-7-8-12(10-13)11-17(19)22-16-21-15(4,5)6/h7-10,16H,11H2,1-6H3/q-2. The van der Waals surface area contributed by atoms with Crippen molar-refractivity contribution in [3.05, 3.63) is 40.2 Å². The Morgan fingerprint density at radius 1 is 1.09 bits per heavy atom. The van der Waals surface area contributed by atoms with Crippen LogP contribution in [-0.2, 0) is 16.3 Å². The second kappa shape index (κ2) is 7.36. The Morgan fingerprint density at radius 2 is 1.73 bits per heavy atom. The molecule has 0 unspecified atom stereocenters. The second-order valence-corrected chi connectivity index (χ2v) is 7.02. The molecule has 0 fully saturated rings. The second-order valence-electron chi connectivity index (χ2n) is 7.02. The number of hydroxylamine groups is 3. The van der Waals surface area contributed by atoms with Crippen molar-refractivity contribution >= 4 is 5.69 Å². The topological polar surface area (TPSA) is 83.1 Å². The Morgan fingerprint density at radius 3 is 2.27 bits per heavy atom. The van der Waals surface area contributed by atoms with Crippen molar-refractivity contribution in [2.24, 2.45) is 0 Å². The maximum Gasteiger partial charge on any atom is 0.0840 e. The molecule has 0 saturated heterocycles. The molecule has 7 heteroatoms. The van der Waals surface area contributed by atoms with Gasteiger partial charge in [0.2, 0.25) is 0 Å². The molecular weight excluding hydrogens is 286 g/mol. The van der Waals surface area contributed by atoms with Crippen molar-refractivity contribution < 1.29 is 9.78 Å². The van der Waals surface area contributed by atoms with E-state index >= 15 is 0 Å². The molecule has 0 atom stereocenters. The molecule has 1 aromatic rings. The summed E-state index contributed by atoms with van der Waals surface area (Å²) in [7, 11) is 0. The van der Waals surface area contributed by atoms with Gasteiger partial charge in [0.05, 0.1) is 5.60 Å². The molecule has 0 radical (unpaired) electrons. The van der Waals surface area contributed by atoms with Crippen molar-refractivity contribution in [3.63, 3.8) is 0 Å². The van der Waals surface area contributed by atoms with Gasteiger partial charge in [0.1, 0.15) is 0 Å². The summed E-state index contributed by atoms with van der Waals surface area (Å²) in [6.45, 7) is 10.9. The minimum Gasteiger partial charge on any atom is -0.760 e. The maximum absolute atomic E-state index is 12.1. The van der Waals surface area contributed by atoms with E-state index < -0.39 is 11.1 Å². The third kappa shape index (κ3) is 6.69. The van der Waals surface area contributed by atoms with Crippen LogP contribution in [0.15, 0.2) is 24.3 Å². The SMILES string of the molecule is CC(C)(C)ONON([O-])Cc1cccc(N([O-])C(C)(C)C)c1. The largest absolute Gasteiger partial charge is 0.760 e. The van der Waals surface area contributed by atoms with Gasteiger partial charge < -0.3 is 15.5 Å². The van der Waals surface area contributed by atoms with Crippen LogP contribution in [0.1, 0.15) is 47.1 Å². The Hall–Kier alpha value is -1.22. The quantitative estimate of drug-likeness (QED) is 0.807. The van der Waals surface area contributed by atoms with Gasteiger partial charge >= 0.3 is 0 Å². The molecule has 1 rings (SSSR count). The van der Waals surface area contributed by atoms with E-state index in [1.54, 1.807) is 24.3 Å². The monoisotopic (exact) mass is 311 g/mol. The molecular formula is C15H25N3O4-2. The van der Waals surface area contributed by atoms with Gasteiger partial charge in [-0.15, -0.1) is 0 Å². The lowest BCUT2D eigenvalue weighted by Crippen LogP contribution is -2.36. The van der Waals surface area contributed by atoms with Gasteiger partial charge in [-0.2, -0.15) is 4.94 Å². The van der Waals surface area contributed by atoms with E-state index in [2.05, 4.69) is 5.64 Å². The van der Waals surface area contributed by atoms with Crippen molar-refractivity contribution in [1.82, 2.24) is 10.9 Å². The Kier molecular flexibility index (Phi) is 6.30. The van der Waals surface area contributed by atoms with Crippen LogP contribution in [0, 0.1) is 10.4 Å². The molecule has 0 spiro atoms. The number of anilines is 1. The third-order valence-corrected chi connectivity index (χ3v) is 2.55. The molecule has 22 heavy (non-hydrogen) atoms. The summed E-state index contributed by atoms with van der Waals surface area (Å²) in [5, 5.41) is 25.0. The predicted octanol–water partition coefficient (Wildman–Crippen LogP) is 3.26. The third-order valence-electron chi connectivity index (χ3n) is 2.55. The van der Waals surface area contributed by atoms with Gasteiger partial charge in [0, 0.05) is 17.8 Å². The normalized spacial score (nSPS) is 12.8. The van der Waals surface area contributed by atoms with Gasteiger partial charge in [-0.05, 0) is 59.2 Å². The van der Waals surface area contributed by atoms with Crippen molar-refractivity contribution in [1.29, 1.82) is 0 Å². The minimum atomic E-state index is -0.547. The van der Waals surface area contributed by atoms with Gasteiger partial charge in [-0.25, -0.2) is 5.23 Å². The lowest BCUT2D eigenvalue weighted by atomic mass is 10.1. The van der Waals surface area contributed by atoms with Crippen LogP contribution in [0.2, 0.25) is 0 Å². The molecule has 0 aromatic heterocycles. The number of benzene rings is 1. The molecule has 7 nitrogen and oxygen atoms in total. The summed E-state index contributed by atoms with van der Waals surface area (Å²) in [6, 6.07) is 6.85. The lowest BCUT2D eigenvalue weighted by Gasteiger charge is -2.43. The van der Waals surface area contributed by atoms with E-state index in [-0.39, 0.29) is 6.54 Å². The van der Waals surface area contributed by atoms with Crippen LogP contribution < -0.4 is 10.7 Å². The summed E-state index contributed by atoms with van der Waals surface area (Å²) in [5.41, 5.74) is 2.29. The lowest BCUT2D eigenvalue weighted by molar-refractivity contribution is -0.315. The highest BCUT2D eigenvalue weighted by molar-refractivity contribution is 5.51. The molecule has 0 heterocycles. The van der Waals surface area contributed by atoms with Crippen LogP contribution in [0.4, 0.5) is 5.69 Å². The highest BCUT2D eigenvalue weighted by atomic mass is 17.1. The van der Waals surface area contributed by atoms with Crippen LogP contribution >= 0.6 is 0 Å². The Labute approximate surface area is 131 Å². The van der Waals surface area contributed by atoms with Crippen molar-refractivity contribution in [2.45, 2.75) is 59.2 Å². The zero-order valence-corrected chi connectivity index (χ0v) is 14.0. The van der Waals surface area contributed by atoms with Crippen molar-refractivity contribution in [2.75, 3.05) is 5.06 Å². The van der Waals surface area contributed by atoms with Gasteiger partial charge in [-0.3, -0.25) is 4.84 Å². The molecule has 0 saturated carbocycles. The smallest absolute Gasteiger partial charge is 0.0840 e. The Bertz CT molecular complexity index is 469. The molecule has 0 aliphatic rings. The average Bonchev–Trinajstić information content (AvgIpc) is 2.35. The van der Waals surface area contributed by atoms with E-state index in [0.29, 0.717) is 16.5 Å². The predicted molar refractivity (Wildman–Crippen MR) is 86.0 cm³/mol. The van der Waals surface area contributed by atoms with Crippen LogP contribution in [-0.4, -0.2) is 16.4 Å². The summed E-state index contributed by atoms with van der Waals surface area (Å²) >= 11 is 0. The van der Waals surface area contributed by atoms with E-state index in [0.717, 1.165) is 5.06 Å². The first-order chi connectivity index (χ1) is 9.99. The maximum atomic E-state index is 12.1. The summed E-state index contributed by atoms with van der Waals surface area (Å²) in [6.07, 6.45) is 0. The number of hydrogen-bond acceptors (Lipinski definition) is 7. The highest BCUT2D eigenvalue weighted by Crippen LogP contribution is 2.23. The van der Waals surface area contributed by atoms with Gasteiger partial charge in [-0.1, -0.05) is 17.8 Å². The fourth-order valence-corrected chi connectivity index (χ4v) is 1.53.